The van der Waals surface area contributed by atoms with Gasteiger partial charge >= 0.3 is 6.03 Å². The molecule has 2 saturated heterocycles. The Morgan fingerprint density at radius 2 is 1.87 bits per heavy atom. The molecule has 1 atom stereocenters. The van der Waals surface area contributed by atoms with Crippen molar-refractivity contribution in [2.24, 2.45) is 5.92 Å². The van der Waals surface area contributed by atoms with E-state index in [0.717, 1.165) is 37.3 Å². The molecule has 7 nitrogen and oxygen atoms in total. The first kappa shape index (κ1) is 17.5. The van der Waals surface area contributed by atoms with E-state index in [1.165, 1.54) is 12.8 Å². The van der Waals surface area contributed by atoms with Gasteiger partial charge in [0.25, 0.3) is 0 Å². The van der Waals surface area contributed by atoms with Gasteiger partial charge in [0.15, 0.2) is 5.92 Å². The summed E-state index contributed by atoms with van der Waals surface area (Å²) in [4.78, 5) is 37.6. The second-order valence-corrected chi connectivity index (χ2v) is 6.11. The van der Waals surface area contributed by atoms with Gasteiger partial charge in [0.2, 0.25) is 11.8 Å². The Balaban J connectivity index is 2.03. The standard InChI is InChI=1S/C16H26N4O3/c1-3-4-11-20-15(22)13(14(21)17-16(20)23)12(2)18-19-9-7-5-6-8-10-19/h13,18H,2-11H2,1H3,(H,17,21,23)/t13-/m0/s1. The monoisotopic (exact) mass is 322 g/mol. The number of urea groups is 1. The molecule has 2 fully saturated rings. The third kappa shape index (κ3) is 4.31. The zero-order chi connectivity index (χ0) is 16.8. The Hall–Kier alpha value is -1.89. The molecule has 0 saturated carbocycles. The van der Waals surface area contributed by atoms with Gasteiger partial charge < -0.3 is 5.43 Å². The van der Waals surface area contributed by atoms with Crippen LogP contribution in [-0.4, -0.2) is 47.4 Å². The van der Waals surface area contributed by atoms with Crippen LogP contribution >= 0.6 is 0 Å². The van der Waals surface area contributed by atoms with Crippen molar-refractivity contribution in [1.29, 1.82) is 0 Å². The highest BCUT2D eigenvalue weighted by molar-refractivity contribution is 6.17. The van der Waals surface area contributed by atoms with Crippen molar-refractivity contribution in [2.45, 2.75) is 45.4 Å². The van der Waals surface area contributed by atoms with E-state index in [2.05, 4.69) is 17.3 Å². The first-order valence-electron chi connectivity index (χ1n) is 8.41. The molecule has 2 heterocycles. The highest BCUT2D eigenvalue weighted by Crippen LogP contribution is 2.18. The van der Waals surface area contributed by atoms with Gasteiger partial charge in [0, 0.05) is 25.3 Å². The SMILES string of the molecule is C=C(NN1CCCCCC1)[C@H]1C(=O)NC(=O)N(CCCC)C1=O. The van der Waals surface area contributed by atoms with Gasteiger partial charge in [-0.2, -0.15) is 0 Å². The number of carbonyl (C=O) groups excluding carboxylic acids is 3. The van der Waals surface area contributed by atoms with E-state index in [0.29, 0.717) is 18.7 Å². The summed E-state index contributed by atoms with van der Waals surface area (Å²) in [6.07, 6.45) is 6.10. The van der Waals surface area contributed by atoms with E-state index in [1.54, 1.807) is 0 Å². The van der Waals surface area contributed by atoms with Crippen LogP contribution in [0.15, 0.2) is 12.3 Å². The van der Waals surface area contributed by atoms with Gasteiger partial charge in [-0.1, -0.05) is 32.8 Å². The van der Waals surface area contributed by atoms with Crippen LogP contribution in [0.25, 0.3) is 0 Å². The van der Waals surface area contributed by atoms with Crippen molar-refractivity contribution in [2.75, 3.05) is 19.6 Å². The van der Waals surface area contributed by atoms with Gasteiger partial charge in [-0.05, 0) is 19.3 Å². The lowest BCUT2D eigenvalue weighted by molar-refractivity contribution is -0.141. The van der Waals surface area contributed by atoms with Gasteiger partial charge in [-0.25, -0.2) is 9.80 Å². The molecular formula is C16H26N4O3. The number of unbranched alkanes of at least 4 members (excludes halogenated alkanes) is 1. The number of hydrogen-bond donors (Lipinski definition) is 2. The molecule has 0 radical (unpaired) electrons. The quantitative estimate of drug-likeness (QED) is 0.722. The van der Waals surface area contributed by atoms with E-state index in [-0.39, 0.29) is 0 Å². The fourth-order valence-electron chi connectivity index (χ4n) is 2.90. The molecule has 2 rings (SSSR count). The predicted octanol–water partition coefficient (Wildman–Crippen LogP) is 1.38. The largest absolute Gasteiger partial charge is 0.330 e. The molecule has 0 unspecified atom stereocenters. The van der Waals surface area contributed by atoms with Gasteiger partial charge in [0.05, 0.1) is 0 Å². The van der Waals surface area contributed by atoms with Crippen LogP contribution in [0.5, 0.6) is 0 Å². The second kappa shape index (κ2) is 8.10. The summed E-state index contributed by atoms with van der Waals surface area (Å²) in [6, 6.07) is -0.632. The summed E-state index contributed by atoms with van der Waals surface area (Å²) >= 11 is 0. The number of nitrogens with one attached hydrogen (secondary N) is 2. The lowest BCUT2D eigenvalue weighted by Gasteiger charge is -2.33. The molecule has 2 aliphatic rings. The Bertz CT molecular complexity index is 484. The number of amides is 4. The minimum Gasteiger partial charge on any atom is -0.322 e. The summed E-state index contributed by atoms with van der Waals surface area (Å²) in [5.74, 6) is -2.13. The minimum absolute atomic E-state index is 0.321. The molecule has 0 aromatic rings. The third-order valence-electron chi connectivity index (χ3n) is 4.24. The van der Waals surface area contributed by atoms with Crippen LogP contribution in [0.3, 0.4) is 0 Å². The summed E-state index contributed by atoms with van der Waals surface area (Å²) in [5, 5.41) is 4.26. The highest BCUT2D eigenvalue weighted by Gasteiger charge is 2.42. The van der Waals surface area contributed by atoms with Crippen LogP contribution < -0.4 is 10.7 Å². The summed E-state index contributed by atoms with van der Waals surface area (Å²) < 4.78 is 0. The average Bonchev–Trinajstić information content (AvgIpc) is 2.75. The molecular weight excluding hydrogens is 296 g/mol. The summed E-state index contributed by atoms with van der Waals surface area (Å²) in [5.41, 5.74) is 3.44. The van der Waals surface area contributed by atoms with E-state index >= 15 is 0 Å². The minimum atomic E-state index is -1.05. The smallest absolute Gasteiger partial charge is 0.322 e. The molecule has 2 N–H and O–H groups in total. The van der Waals surface area contributed by atoms with Crippen LogP contribution in [0.4, 0.5) is 4.79 Å². The molecule has 0 aliphatic carbocycles. The maximum Gasteiger partial charge on any atom is 0.330 e. The molecule has 0 spiro atoms. The topological polar surface area (TPSA) is 81.8 Å². The van der Waals surface area contributed by atoms with Crippen molar-refractivity contribution in [3.63, 3.8) is 0 Å². The molecule has 23 heavy (non-hydrogen) atoms. The maximum atomic E-state index is 12.5. The van der Waals surface area contributed by atoms with E-state index in [1.807, 2.05) is 11.9 Å². The number of nitrogens with zero attached hydrogens (tertiary/aromatic N) is 2. The lowest BCUT2D eigenvalue weighted by atomic mass is 10.0. The highest BCUT2D eigenvalue weighted by atomic mass is 16.2. The van der Waals surface area contributed by atoms with E-state index < -0.39 is 23.8 Å². The zero-order valence-electron chi connectivity index (χ0n) is 13.8. The van der Waals surface area contributed by atoms with Crippen molar-refractivity contribution in [3.05, 3.63) is 12.3 Å². The lowest BCUT2D eigenvalue weighted by Crippen LogP contribution is -2.60. The Kier molecular flexibility index (Phi) is 6.15. The predicted molar refractivity (Wildman–Crippen MR) is 86.0 cm³/mol. The number of hydrazine groups is 1. The summed E-state index contributed by atoms with van der Waals surface area (Å²) in [7, 11) is 0. The van der Waals surface area contributed by atoms with E-state index in [4.69, 9.17) is 0 Å². The fraction of sp³-hybridized carbons (Fsp3) is 0.688. The Labute approximate surface area is 137 Å². The molecule has 2 aliphatic heterocycles. The van der Waals surface area contributed by atoms with Crippen molar-refractivity contribution in [3.8, 4) is 0 Å². The first-order chi connectivity index (χ1) is 11.0. The molecule has 128 valence electrons. The van der Waals surface area contributed by atoms with Crippen LogP contribution in [0.2, 0.25) is 0 Å². The Morgan fingerprint density at radius 3 is 2.48 bits per heavy atom. The maximum absolute atomic E-state index is 12.5. The zero-order valence-corrected chi connectivity index (χ0v) is 13.8. The van der Waals surface area contributed by atoms with Gasteiger partial charge in [-0.3, -0.25) is 19.8 Å². The molecule has 4 amide bonds. The number of imide groups is 2. The summed E-state index contributed by atoms with van der Waals surface area (Å²) in [6.45, 7) is 7.90. The van der Waals surface area contributed by atoms with Gasteiger partial charge in [-0.15, -0.1) is 0 Å². The first-order valence-corrected chi connectivity index (χ1v) is 8.41. The second-order valence-electron chi connectivity index (χ2n) is 6.11. The van der Waals surface area contributed by atoms with Crippen LogP contribution in [0, 0.1) is 5.92 Å². The van der Waals surface area contributed by atoms with Crippen molar-refractivity contribution >= 4 is 17.8 Å². The Morgan fingerprint density at radius 1 is 1.22 bits per heavy atom. The average molecular weight is 322 g/mol. The fourth-order valence-corrected chi connectivity index (χ4v) is 2.90. The van der Waals surface area contributed by atoms with Crippen LogP contribution in [-0.2, 0) is 9.59 Å². The molecule has 0 aromatic carbocycles. The number of rotatable bonds is 6. The normalized spacial score (nSPS) is 23.4. The van der Waals surface area contributed by atoms with Crippen molar-refractivity contribution < 1.29 is 14.4 Å². The molecule has 0 bridgehead atoms. The van der Waals surface area contributed by atoms with Crippen LogP contribution in [0.1, 0.15) is 45.4 Å². The number of hydrogen-bond acceptors (Lipinski definition) is 5. The van der Waals surface area contributed by atoms with Crippen molar-refractivity contribution in [1.82, 2.24) is 20.7 Å². The number of barbiturate groups is 1. The van der Waals surface area contributed by atoms with E-state index in [9.17, 15) is 14.4 Å². The van der Waals surface area contributed by atoms with Gasteiger partial charge in [0.1, 0.15) is 0 Å². The number of carbonyl (C=O) groups is 3. The third-order valence-corrected chi connectivity index (χ3v) is 4.24. The molecule has 7 heteroatoms. The molecule has 0 aromatic heterocycles.